The summed E-state index contributed by atoms with van der Waals surface area (Å²) >= 11 is 0. The van der Waals surface area contributed by atoms with Crippen LogP contribution in [0, 0.1) is 46.3 Å². The van der Waals surface area contributed by atoms with Gasteiger partial charge >= 0.3 is 11.9 Å². The summed E-state index contributed by atoms with van der Waals surface area (Å²) in [5.74, 6) is 3.81. The van der Waals surface area contributed by atoms with Crippen LogP contribution in [0.2, 0.25) is 13.1 Å². The number of fused-ring (bicyclic) bond motifs is 5. The van der Waals surface area contributed by atoms with E-state index in [4.69, 9.17) is 4.74 Å². The number of rotatable bonds is 15. The molecule has 5 unspecified atom stereocenters. The summed E-state index contributed by atoms with van der Waals surface area (Å²) in [4.78, 5) is 38.5. The van der Waals surface area contributed by atoms with E-state index >= 15 is 0 Å². The van der Waals surface area contributed by atoms with Crippen molar-refractivity contribution in [3.8, 4) is 0 Å². The van der Waals surface area contributed by atoms with E-state index in [9.17, 15) is 19.5 Å². The summed E-state index contributed by atoms with van der Waals surface area (Å²) in [7, 11) is -2.36. The fourth-order valence-corrected chi connectivity index (χ4v) is 15.9. The Morgan fingerprint density at radius 2 is 1.62 bits per heavy atom. The van der Waals surface area contributed by atoms with E-state index in [2.05, 4.69) is 59.9 Å². The molecule has 0 aromatic heterocycles. The Kier molecular flexibility index (Phi) is 12.8. The molecule has 0 amide bonds. The Bertz CT molecular complexity index is 1720. The molecular weight excluding hydrogens is 697 g/mol. The summed E-state index contributed by atoms with van der Waals surface area (Å²) in [6.07, 6.45) is 17.6. The molecule has 1 N–H and O–H groups in total. The first-order chi connectivity index (χ1) is 26.1. The normalized spacial score (nSPS) is 30.1. The Balaban J connectivity index is 1.17. The van der Waals surface area contributed by atoms with Gasteiger partial charge in [-0.05, 0) is 127 Å². The predicted molar refractivity (Wildman–Crippen MR) is 226 cm³/mol. The molecule has 0 heterocycles. The number of carboxylic acid groups (broad SMARTS) is 1. The quantitative estimate of drug-likeness (QED) is 0.111. The fraction of sp³-hybridized carbons (Fsp3) is 0.653. The van der Waals surface area contributed by atoms with Gasteiger partial charge in [-0.3, -0.25) is 4.79 Å². The highest BCUT2D eigenvalue weighted by Gasteiger charge is 2.59. The van der Waals surface area contributed by atoms with Crippen molar-refractivity contribution in [2.45, 2.75) is 156 Å². The maximum absolute atomic E-state index is 14.3. The van der Waals surface area contributed by atoms with Crippen LogP contribution in [0.15, 0.2) is 60.2 Å². The minimum Gasteiger partial charge on any atom is -0.478 e. The van der Waals surface area contributed by atoms with Gasteiger partial charge in [-0.25, -0.2) is 9.59 Å². The zero-order valence-corrected chi connectivity index (χ0v) is 36.3. The second kappa shape index (κ2) is 16.8. The van der Waals surface area contributed by atoms with E-state index in [0.717, 1.165) is 65.5 Å². The van der Waals surface area contributed by atoms with Crippen molar-refractivity contribution in [2.24, 2.45) is 46.3 Å². The molecule has 2 aromatic rings. The number of carbonyl (C=O) groups excluding carboxylic acids is 2. The van der Waals surface area contributed by atoms with E-state index in [1.165, 1.54) is 56.9 Å². The average Bonchev–Trinajstić information content (AvgIpc) is 3.52. The number of allylic oxidation sites excluding steroid dienone is 1. The molecular formula is C49H70O5Si. The number of aromatic carboxylic acids is 1. The van der Waals surface area contributed by atoms with E-state index in [0.29, 0.717) is 30.2 Å². The Morgan fingerprint density at radius 1 is 0.891 bits per heavy atom. The number of ether oxygens (including phenoxy) is 1. The summed E-state index contributed by atoms with van der Waals surface area (Å²) < 4.78 is 6.48. The van der Waals surface area contributed by atoms with Gasteiger partial charge in [0.1, 0.15) is 11.9 Å². The van der Waals surface area contributed by atoms with Crippen molar-refractivity contribution in [1.82, 2.24) is 0 Å². The first kappa shape index (κ1) is 41.6. The van der Waals surface area contributed by atoms with Crippen molar-refractivity contribution < 1.29 is 24.2 Å². The molecule has 0 saturated heterocycles. The van der Waals surface area contributed by atoms with Gasteiger partial charge in [-0.15, -0.1) is 0 Å². The van der Waals surface area contributed by atoms with Crippen LogP contribution in [-0.4, -0.2) is 37.0 Å². The van der Waals surface area contributed by atoms with Gasteiger partial charge in [0.05, 0.1) is 19.2 Å². The lowest BCUT2D eigenvalue weighted by atomic mass is 9.47. The average molecular weight is 767 g/mol. The zero-order valence-electron chi connectivity index (χ0n) is 35.3. The molecule has 0 spiro atoms. The molecule has 55 heavy (non-hydrogen) atoms. The van der Waals surface area contributed by atoms with Gasteiger partial charge in [0.15, 0.2) is 0 Å². The van der Waals surface area contributed by atoms with Crippen LogP contribution >= 0.6 is 0 Å². The molecule has 300 valence electrons. The Morgan fingerprint density at radius 3 is 2.31 bits per heavy atom. The SMILES string of the molecule is CCC(=O)CCC(c1ccccc1C(=O)OC1CC[C@@]2(C)C(=CCC3C2CC[C@@]2(C)C3CC[C@@H]2[C@H](C)CCCC(C)C)C1)[Si](C)(C)c1ccc(C(=O)O)cc1. The van der Waals surface area contributed by atoms with Gasteiger partial charge in [0.25, 0.3) is 0 Å². The van der Waals surface area contributed by atoms with Crippen LogP contribution in [0.3, 0.4) is 0 Å². The summed E-state index contributed by atoms with van der Waals surface area (Å²) in [5.41, 5.74) is 3.98. The second-order valence-electron chi connectivity index (χ2n) is 19.7. The predicted octanol–water partition coefficient (Wildman–Crippen LogP) is 11.9. The van der Waals surface area contributed by atoms with Gasteiger partial charge in [0.2, 0.25) is 0 Å². The molecule has 6 rings (SSSR count). The fourth-order valence-electron chi connectivity index (χ4n) is 12.6. The third kappa shape index (κ3) is 8.37. The smallest absolute Gasteiger partial charge is 0.338 e. The molecule has 4 aliphatic rings. The van der Waals surface area contributed by atoms with E-state index in [1.807, 2.05) is 37.3 Å². The lowest BCUT2D eigenvalue weighted by molar-refractivity contribution is -0.118. The van der Waals surface area contributed by atoms with Crippen LogP contribution in [0.5, 0.6) is 0 Å². The Hall–Kier alpha value is -2.99. The van der Waals surface area contributed by atoms with Crippen molar-refractivity contribution in [1.29, 1.82) is 0 Å². The maximum atomic E-state index is 14.3. The first-order valence-electron chi connectivity index (χ1n) is 21.9. The molecule has 5 nitrogen and oxygen atoms in total. The van der Waals surface area contributed by atoms with Gasteiger partial charge in [-0.2, -0.15) is 0 Å². The highest BCUT2D eigenvalue weighted by molar-refractivity contribution is 6.91. The molecule has 6 heteroatoms. The van der Waals surface area contributed by atoms with Crippen molar-refractivity contribution in [2.75, 3.05) is 0 Å². The summed E-state index contributed by atoms with van der Waals surface area (Å²) in [5, 5.41) is 10.6. The molecule has 0 radical (unpaired) electrons. The van der Waals surface area contributed by atoms with Gasteiger partial charge in [0, 0.05) is 19.3 Å². The van der Waals surface area contributed by atoms with Gasteiger partial charge < -0.3 is 9.84 Å². The van der Waals surface area contributed by atoms with Gasteiger partial charge in [-0.1, -0.05) is 121 Å². The summed E-state index contributed by atoms with van der Waals surface area (Å²) in [6.45, 7) is 18.9. The topological polar surface area (TPSA) is 80.7 Å². The van der Waals surface area contributed by atoms with Crippen LogP contribution in [-0.2, 0) is 9.53 Å². The van der Waals surface area contributed by atoms with Crippen molar-refractivity contribution in [3.63, 3.8) is 0 Å². The minimum atomic E-state index is -2.36. The number of carbonyl (C=O) groups is 3. The van der Waals surface area contributed by atoms with Crippen LogP contribution < -0.4 is 5.19 Å². The van der Waals surface area contributed by atoms with Crippen LogP contribution in [0.4, 0.5) is 0 Å². The minimum absolute atomic E-state index is 0.0229. The molecule has 4 aliphatic carbocycles. The molecule has 9 atom stereocenters. The molecule has 0 bridgehead atoms. The first-order valence-corrected chi connectivity index (χ1v) is 25.0. The number of hydrogen-bond donors (Lipinski definition) is 1. The third-order valence-electron chi connectivity index (χ3n) is 15.9. The third-order valence-corrected chi connectivity index (χ3v) is 20.1. The van der Waals surface area contributed by atoms with Crippen molar-refractivity contribution >= 4 is 31.0 Å². The van der Waals surface area contributed by atoms with E-state index < -0.39 is 14.0 Å². The number of esters is 1. The molecule has 2 aromatic carbocycles. The van der Waals surface area contributed by atoms with Crippen LogP contribution in [0.25, 0.3) is 0 Å². The standard InChI is InChI=1S/C49H70O5Si/c1-9-36(50)20-26-45(55(7,8)38-21-17-34(18-22-38)46(51)52)39-15-10-11-16-40(39)47(53)54-37-27-29-48(5)35(31-37)19-23-41-43-25-24-42(33(4)14-12-13-32(2)3)49(43,6)30-28-44(41)48/h10-11,15-19,21-22,32-33,37,41-45H,9,12-14,20,23-31H2,1-8H3,(H,51,52)/t33-,37?,41?,42-,43?,44?,45?,48+,49-/m1/s1. The maximum Gasteiger partial charge on any atom is 0.338 e. The number of hydrogen-bond acceptors (Lipinski definition) is 4. The van der Waals surface area contributed by atoms with E-state index in [1.54, 1.807) is 12.1 Å². The number of benzene rings is 2. The summed E-state index contributed by atoms with van der Waals surface area (Å²) in [6, 6.07) is 15.1. The highest BCUT2D eigenvalue weighted by atomic mass is 28.3. The molecule has 3 fully saturated rings. The lowest BCUT2D eigenvalue weighted by Gasteiger charge is -2.58. The highest BCUT2D eigenvalue weighted by Crippen LogP contribution is 2.67. The number of ketones is 1. The Labute approximate surface area is 333 Å². The lowest BCUT2D eigenvalue weighted by Crippen LogP contribution is -2.51. The monoisotopic (exact) mass is 766 g/mol. The number of Topliss-reactive ketones (excluding diaryl/α,β-unsaturated/α-hetero) is 1. The molecule has 3 saturated carbocycles. The molecule has 0 aliphatic heterocycles. The number of carboxylic acids is 1. The van der Waals surface area contributed by atoms with E-state index in [-0.39, 0.29) is 34.4 Å². The second-order valence-corrected chi connectivity index (χ2v) is 24.5. The zero-order chi connectivity index (χ0) is 39.7. The van der Waals surface area contributed by atoms with Crippen molar-refractivity contribution in [3.05, 3.63) is 76.9 Å². The largest absolute Gasteiger partial charge is 0.478 e. The van der Waals surface area contributed by atoms with Crippen LogP contribution in [0.1, 0.15) is 163 Å².